The molecule has 1 unspecified atom stereocenters. The molecule has 0 radical (unpaired) electrons. The number of allylic oxidation sites excluding steroid dienone is 2. The van der Waals surface area contributed by atoms with Crippen molar-refractivity contribution in [1.29, 1.82) is 0 Å². The summed E-state index contributed by atoms with van der Waals surface area (Å²) in [5.74, 6) is 0. The Morgan fingerprint density at radius 1 is 0.952 bits per heavy atom. The Labute approximate surface area is 130 Å². The van der Waals surface area contributed by atoms with Crippen LogP contribution in [-0.4, -0.2) is 48.1 Å². The van der Waals surface area contributed by atoms with Gasteiger partial charge in [-0.2, -0.15) is 0 Å². The van der Waals surface area contributed by atoms with Gasteiger partial charge >= 0.3 is 0 Å². The Kier molecular flexibility index (Phi) is 4.56. The third-order valence-corrected chi connectivity index (χ3v) is 5.57. The number of hydrogen-bond donors (Lipinski definition) is 0. The zero-order chi connectivity index (χ0) is 14.9. The number of rotatable bonds is 2. The van der Waals surface area contributed by atoms with Crippen molar-refractivity contribution >= 4 is 0 Å². The Bertz CT molecular complexity index is 402. The molecule has 1 aliphatic carbocycles. The Balaban J connectivity index is 1.50. The van der Waals surface area contributed by atoms with Crippen LogP contribution in [-0.2, 0) is 0 Å². The van der Waals surface area contributed by atoms with Gasteiger partial charge < -0.3 is 4.90 Å². The van der Waals surface area contributed by atoms with E-state index in [1.807, 2.05) is 0 Å². The normalized spacial score (nSPS) is 29.9. The summed E-state index contributed by atoms with van der Waals surface area (Å²) < 4.78 is 0. The molecule has 1 atom stereocenters. The molecule has 0 aromatic rings. The second-order valence-corrected chi connectivity index (χ2v) is 8.08. The SMILES string of the molecule is CC(C)(C)C1=CCC(N2CCC(N3CCCC3)CC2)C=C1. The first-order valence-electron chi connectivity index (χ1n) is 8.91. The van der Waals surface area contributed by atoms with Crippen LogP contribution in [0.4, 0.5) is 0 Å². The van der Waals surface area contributed by atoms with Crippen molar-refractivity contribution in [3.63, 3.8) is 0 Å². The van der Waals surface area contributed by atoms with Crippen LogP contribution >= 0.6 is 0 Å². The zero-order valence-electron chi connectivity index (χ0n) is 14.1. The first-order chi connectivity index (χ1) is 10.0. The molecule has 3 aliphatic rings. The maximum absolute atomic E-state index is 2.74. The number of piperidine rings is 1. The maximum atomic E-state index is 2.74. The van der Waals surface area contributed by atoms with Crippen LogP contribution in [0.1, 0.15) is 52.9 Å². The number of nitrogens with zero attached hydrogens (tertiary/aromatic N) is 2. The third-order valence-electron chi connectivity index (χ3n) is 5.57. The smallest absolute Gasteiger partial charge is 0.0316 e. The van der Waals surface area contributed by atoms with E-state index in [-0.39, 0.29) is 0 Å². The van der Waals surface area contributed by atoms with Crippen LogP contribution in [0.15, 0.2) is 23.8 Å². The summed E-state index contributed by atoms with van der Waals surface area (Å²) in [6.07, 6.45) is 14.1. The fourth-order valence-corrected chi connectivity index (χ4v) is 4.13. The molecule has 0 aromatic carbocycles. The molecule has 118 valence electrons. The van der Waals surface area contributed by atoms with Crippen molar-refractivity contribution in [2.24, 2.45) is 5.41 Å². The summed E-state index contributed by atoms with van der Waals surface area (Å²) in [7, 11) is 0. The van der Waals surface area contributed by atoms with E-state index in [0.29, 0.717) is 11.5 Å². The van der Waals surface area contributed by atoms with Crippen LogP contribution in [0.2, 0.25) is 0 Å². The molecule has 2 nitrogen and oxygen atoms in total. The van der Waals surface area contributed by atoms with Gasteiger partial charge in [-0.25, -0.2) is 0 Å². The lowest BCUT2D eigenvalue weighted by molar-refractivity contribution is 0.110. The number of likely N-dealkylation sites (tertiary alicyclic amines) is 2. The van der Waals surface area contributed by atoms with Gasteiger partial charge in [-0.05, 0) is 56.2 Å². The van der Waals surface area contributed by atoms with Gasteiger partial charge in [0.2, 0.25) is 0 Å². The molecule has 2 fully saturated rings. The highest BCUT2D eigenvalue weighted by molar-refractivity contribution is 5.30. The van der Waals surface area contributed by atoms with Gasteiger partial charge in [-0.3, -0.25) is 4.90 Å². The van der Waals surface area contributed by atoms with E-state index in [1.54, 1.807) is 0 Å². The second kappa shape index (κ2) is 6.26. The number of hydrogen-bond acceptors (Lipinski definition) is 2. The molecule has 0 saturated carbocycles. The molecule has 0 spiro atoms. The van der Waals surface area contributed by atoms with Gasteiger partial charge in [0, 0.05) is 25.2 Å². The van der Waals surface area contributed by atoms with Crippen molar-refractivity contribution in [3.8, 4) is 0 Å². The predicted molar refractivity (Wildman–Crippen MR) is 90.5 cm³/mol. The van der Waals surface area contributed by atoms with Gasteiger partial charge in [-0.15, -0.1) is 0 Å². The lowest BCUT2D eigenvalue weighted by Crippen LogP contribution is -2.47. The molecule has 0 amide bonds. The third kappa shape index (κ3) is 3.60. The Morgan fingerprint density at radius 2 is 1.62 bits per heavy atom. The van der Waals surface area contributed by atoms with Crippen LogP contribution in [0.3, 0.4) is 0 Å². The standard InChI is InChI=1S/C19H32N2/c1-19(2,3)16-6-8-17(9-7-16)21-14-10-18(11-15-21)20-12-4-5-13-20/h6-8,17-18H,4-5,9-15H2,1-3H3. The van der Waals surface area contributed by atoms with Crippen molar-refractivity contribution in [2.75, 3.05) is 26.2 Å². The average molecular weight is 288 g/mol. The fourth-order valence-electron chi connectivity index (χ4n) is 4.13. The molecule has 21 heavy (non-hydrogen) atoms. The van der Waals surface area contributed by atoms with Gasteiger partial charge in [0.1, 0.15) is 0 Å². The van der Waals surface area contributed by atoms with Crippen LogP contribution < -0.4 is 0 Å². The summed E-state index contributed by atoms with van der Waals surface area (Å²) in [4.78, 5) is 5.45. The highest BCUT2D eigenvalue weighted by atomic mass is 15.2. The molecule has 0 aromatic heterocycles. The molecule has 2 aliphatic heterocycles. The molecule has 0 N–H and O–H groups in total. The summed E-state index contributed by atoms with van der Waals surface area (Å²) in [6.45, 7) is 12.2. The fraction of sp³-hybridized carbons (Fsp3) is 0.789. The summed E-state index contributed by atoms with van der Waals surface area (Å²) in [5.41, 5.74) is 1.80. The zero-order valence-corrected chi connectivity index (χ0v) is 14.1. The molecule has 2 heterocycles. The van der Waals surface area contributed by atoms with Crippen LogP contribution in [0, 0.1) is 5.41 Å². The first-order valence-corrected chi connectivity index (χ1v) is 8.91. The van der Waals surface area contributed by atoms with Crippen molar-refractivity contribution < 1.29 is 0 Å². The highest BCUT2D eigenvalue weighted by Gasteiger charge is 2.29. The molecule has 3 rings (SSSR count). The van der Waals surface area contributed by atoms with Crippen molar-refractivity contribution in [1.82, 2.24) is 9.80 Å². The molecule has 2 heteroatoms. The van der Waals surface area contributed by atoms with E-state index in [2.05, 4.69) is 48.8 Å². The molecular weight excluding hydrogens is 256 g/mol. The van der Waals surface area contributed by atoms with E-state index < -0.39 is 0 Å². The van der Waals surface area contributed by atoms with E-state index in [9.17, 15) is 0 Å². The minimum absolute atomic E-state index is 0.296. The monoisotopic (exact) mass is 288 g/mol. The Hall–Kier alpha value is -0.600. The van der Waals surface area contributed by atoms with E-state index in [1.165, 1.54) is 63.9 Å². The van der Waals surface area contributed by atoms with Crippen LogP contribution in [0.25, 0.3) is 0 Å². The lowest BCUT2D eigenvalue weighted by atomic mass is 9.82. The molecule has 2 saturated heterocycles. The second-order valence-electron chi connectivity index (χ2n) is 8.08. The largest absolute Gasteiger partial charge is 0.300 e. The first kappa shape index (κ1) is 15.3. The average Bonchev–Trinajstić information content (AvgIpc) is 3.01. The summed E-state index contributed by atoms with van der Waals surface area (Å²) >= 11 is 0. The van der Waals surface area contributed by atoms with E-state index in [0.717, 1.165) is 6.04 Å². The predicted octanol–water partition coefficient (Wildman–Crippen LogP) is 3.85. The van der Waals surface area contributed by atoms with Gasteiger partial charge in [0.05, 0.1) is 0 Å². The Morgan fingerprint density at radius 3 is 2.14 bits per heavy atom. The molecular formula is C19H32N2. The van der Waals surface area contributed by atoms with Crippen molar-refractivity contribution in [2.45, 2.75) is 65.0 Å². The van der Waals surface area contributed by atoms with E-state index in [4.69, 9.17) is 0 Å². The van der Waals surface area contributed by atoms with Crippen LogP contribution in [0.5, 0.6) is 0 Å². The molecule has 0 bridgehead atoms. The van der Waals surface area contributed by atoms with E-state index >= 15 is 0 Å². The van der Waals surface area contributed by atoms with Crippen molar-refractivity contribution in [3.05, 3.63) is 23.8 Å². The van der Waals surface area contributed by atoms with Gasteiger partial charge in [0.15, 0.2) is 0 Å². The minimum atomic E-state index is 0.296. The van der Waals surface area contributed by atoms with Gasteiger partial charge in [0.25, 0.3) is 0 Å². The summed E-state index contributed by atoms with van der Waals surface area (Å²) in [5, 5.41) is 0. The quantitative estimate of drug-likeness (QED) is 0.761. The highest BCUT2D eigenvalue weighted by Crippen LogP contribution is 2.31. The maximum Gasteiger partial charge on any atom is 0.0316 e. The summed E-state index contributed by atoms with van der Waals surface area (Å²) in [6, 6.07) is 1.52. The topological polar surface area (TPSA) is 6.48 Å². The minimum Gasteiger partial charge on any atom is -0.300 e. The van der Waals surface area contributed by atoms with Gasteiger partial charge in [-0.1, -0.05) is 39.0 Å². The lowest BCUT2D eigenvalue weighted by Gasteiger charge is -2.40.